The van der Waals surface area contributed by atoms with Crippen molar-refractivity contribution in [1.82, 2.24) is 0 Å². The number of aliphatic hydroxyl groups is 4. The highest BCUT2D eigenvalue weighted by atomic mass is 16.4. The molecule has 0 heterocycles. The van der Waals surface area contributed by atoms with E-state index in [9.17, 15) is 4.79 Å². The maximum atomic E-state index is 10.0. The van der Waals surface area contributed by atoms with Gasteiger partial charge in [0.1, 0.15) is 18.5 Å². The van der Waals surface area contributed by atoms with Gasteiger partial charge in [-0.25, -0.2) is 0 Å². The molecule has 0 radical (unpaired) electrons. The maximum absolute atomic E-state index is 10.0. The summed E-state index contributed by atoms with van der Waals surface area (Å²) in [6, 6.07) is 0. The molecule has 5 heteroatoms. The smallest absolute Gasteiger partial charge is 0.148 e. The van der Waals surface area contributed by atoms with E-state index in [0.29, 0.717) is 0 Å². The maximum Gasteiger partial charge on any atom is 0.148 e. The summed E-state index contributed by atoms with van der Waals surface area (Å²) in [4.78, 5) is 10.0. The number of aldehydes is 1. The Morgan fingerprint density at radius 3 is 2.27 bits per heavy atom. The van der Waals surface area contributed by atoms with Crippen LogP contribution < -0.4 is 0 Å². The minimum atomic E-state index is -2.68. The fraction of sp³-hybridized carbons (Fsp3) is 0.833. The molecule has 0 saturated heterocycles. The summed E-state index contributed by atoms with van der Waals surface area (Å²) < 4.78 is 14.1. The monoisotopic (exact) mass is 167 g/mol. The van der Waals surface area contributed by atoms with Crippen molar-refractivity contribution in [2.45, 2.75) is 24.7 Å². The van der Waals surface area contributed by atoms with Crippen LogP contribution in [-0.2, 0) is 4.79 Å². The van der Waals surface area contributed by atoms with Gasteiger partial charge < -0.3 is 25.2 Å². The number of aliphatic hydroxyl groups excluding tert-OH is 4. The molecule has 0 rings (SSSR count). The first kappa shape index (κ1) is 7.17. The minimum Gasteiger partial charge on any atom is -0.394 e. The summed E-state index contributed by atoms with van der Waals surface area (Å²) in [5.41, 5.74) is 0. The van der Waals surface area contributed by atoms with E-state index in [-0.39, 0.29) is 6.29 Å². The van der Waals surface area contributed by atoms with Crippen LogP contribution in [0.3, 0.4) is 0 Å². The summed E-state index contributed by atoms with van der Waals surface area (Å²) in [5, 5.41) is 35.1. The Bertz CT molecular complexity index is 174. The summed E-state index contributed by atoms with van der Waals surface area (Å²) in [7, 11) is 0. The van der Waals surface area contributed by atoms with Crippen LogP contribution in [0, 0.1) is 0 Å². The van der Waals surface area contributed by atoms with Gasteiger partial charge >= 0.3 is 0 Å². The van der Waals surface area contributed by atoms with Crippen LogP contribution in [0.4, 0.5) is 0 Å². The number of hydrogen-bond donors (Lipinski definition) is 4. The first-order valence-corrected chi connectivity index (χ1v) is 2.98. The molecule has 0 fully saturated rings. The second kappa shape index (κ2) is 5.20. The molecule has 5 nitrogen and oxygen atoms in total. The van der Waals surface area contributed by atoms with E-state index in [4.69, 9.17) is 23.2 Å². The van der Waals surface area contributed by atoms with Gasteiger partial charge in [0, 0.05) is 9.11 Å². The summed E-state index contributed by atoms with van der Waals surface area (Å²) >= 11 is 0. The summed E-state index contributed by atoms with van der Waals surface area (Å²) in [6.07, 6.45) is -8.55. The molecular formula is C6H12O5. The van der Waals surface area contributed by atoms with Gasteiger partial charge in [-0.2, -0.15) is 0 Å². The highest BCUT2D eigenvalue weighted by molar-refractivity contribution is 5.55. The van der Waals surface area contributed by atoms with E-state index in [2.05, 4.69) is 0 Å². The zero-order chi connectivity index (χ0) is 10.6. The molecule has 3 atom stereocenters. The Morgan fingerprint density at radius 1 is 1.36 bits per heavy atom. The van der Waals surface area contributed by atoms with Gasteiger partial charge in [-0.3, -0.25) is 0 Å². The zero-order valence-corrected chi connectivity index (χ0v) is 5.71. The van der Waals surface area contributed by atoms with Crippen molar-refractivity contribution in [2.75, 3.05) is 6.61 Å². The Labute approximate surface area is 66.7 Å². The molecule has 11 heavy (non-hydrogen) atoms. The van der Waals surface area contributed by atoms with Gasteiger partial charge in [-0.05, 0) is 0 Å². The van der Waals surface area contributed by atoms with Crippen molar-refractivity contribution in [3.8, 4) is 0 Å². The average molecular weight is 167 g/mol. The summed E-state index contributed by atoms with van der Waals surface area (Å²) in [6.45, 7) is -0.855. The van der Waals surface area contributed by atoms with E-state index < -0.39 is 31.3 Å². The molecule has 0 aromatic rings. The number of hydrogen-bond acceptors (Lipinski definition) is 5. The molecule has 0 unspecified atom stereocenters. The van der Waals surface area contributed by atoms with Gasteiger partial charge in [-0.15, -0.1) is 0 Å². The van der Waals surface area contributed by atoms with Crippen LogP contribution in [0.15, 0.2) is 0 Å². The number of carbonyl (C=O) groups excluding carboxylic acids is 1. The van der Waals surface area contributed by atoms with Crippen molar-refractivity contribution in [3.63, 3.8) is 0 Å². The van der Waals surface area contributed by atoms with Crippen LogP contribution in [0.5, 0.6) is 0 Å². The van der Waals surface area contributed by atoms with E-state index in [1.165, 1.54) is 0 Å². The zero-order valence-electron chi connectivity index (χ0n) is 7.71. The lowest BCUT2D eigenvalue weighted by molar-refractivity contribution is -0.117. The fourth-order valence-electron chi connectivity index (χ4n) is 0.425. The van der Waals surface area contributed by atoms with E-state index in [1.807, 2.05) is 0 Å². The van der Waals surface area contributed by atoms with Crippen LogP contribution in [0.2, 0.25) is 0 Å². The lowest BCUT2D eigenvalue weighted by Crippen LogP contribution is -2.33. The highest BCUT2D eigenvalue weighted by Gasteiger charge is 2.18. The molecule has 4 N–H and O–H groups in total. The van der Waals surface area contributed by atoms with E-state index >= 15 is 0 Å². The lowest BCUT2D eigenvalue weighted by atomic mass is 10.2. The SMILES string of the molecule is [2H][13C]([2H])([C@H](O)[C@H](O)CO)[C@@H](O)C=O. The molecule has 0 amide bonds. The predicted octanol–water partition coefficient (Wildman–Crippen LogP) is -2.35. The standard InChI is InChI=1S/C6H12O5/c7-2-4(9)1-5(10)6(11)3-8/h2,4-6,8-11H,1,3H2/t4-,5+,6-/m1/s1/i1+1D2. The van der Waals surface area contributed by atoms with Crippen molar-refractivity contribution >= 4 is 6.29 Å². The van der Waals surface area contributed by atoms with Gasteiger partial charge in [-0.1, -0.05) is 0 Å². The Kier molecular flexibility index (Phi) is 3.39. The molecule has 66 valence electrons. The first-order chi connectivity index (χ1) is 5.87. The number of rotatable bonds is 5. The van der Waals surface area contributed by atoms with E-state index in [1.54, 1.807) is 0 Å². The van der Waals surface area contributed by atoms with Gasteiger partial charge in [0.15, 0.2) is 0 Å². The largest absolute Gasteiger partial charge is 0.394 e. The topological polar surface area (TPSA) is 98.0 Å². The molecule has 0 spiro atoms. The van der Waals surface area contributed by atoms with Crippen molar-refractivity contribution in [3.05, 3.63) is 0 Å². The third-order valence-corrected chi connectivity index (χ3v) is 1.02. The quantitative estimate of drug-likeness (QED) is 0.271. The van der Waals surface area contributed by atoms with E-state index in [0.717, 1.165) is 0 Å². The van der Waals surface area contributed by atoms with Crippen molar-refractivity contribution in [2.24, 2.45) is 0 Å². The molecule has 0 aromatic heterocycles. The molecule has 0 aromatic carbocycles. The minimum absolute atomic E-state index is 0.0900. The normalized spacial score (nSPS) is 22.9. The van der Waals surface area contributed by atoms with Crippen molar-refractivity contribution < 1.29 is 28.0 Å². The lowest BCUT2D eigenvalue weighted by Gasteiger charge is -2.15. The highest BCUT2D eigenvalue weighted by Crippen LogP contribution is 2.00. The number of carbonyl (C=O) groups is 1. The van der Waals surface area contributed by atoms with Crippen LogP contribution >= 0.6 is 0 Å². The van der Waals surface area contributed by atoms with Crippen LogP contribution in [0.1, 0.15) is 9.11 Å². The second-order valence-electron chi connectivity index (χ2n) is 1.94. The van der Waals surface area contributed by atoms with Gasteiger partial charge in [0.25, 0.3) is 0 Å². The van der Waals surface area contributed by atoms with Gasteiger partial charge in [0.2, 0.25) is 0 Å². The third kappa shape index (κ3) is 4.05. The average Bonchev–Trinajstić information content (AvgIpc) is 2.13. The Balaban J connectivity index is 4.51. The molecule has 0 aliphatic rings. The predicted molar refractivity (Wildman–Crippen MR) is 35.8 cm³/mol. The second-order valence-corrected chi connectivity index (χ2v) is 1.94. The molecule has 0 aliphatic heterocycles. The molecular weight excluding hydrogens is 153 g/mol. The van der Waals surface area contributed by atoms with Gasteiger partial charge in [0.05, 0.1) is 12.7 Å². The van der Waals surface area contributed by atoms with Crippen LogP contribution in [-0.4, -0.2) is 51.6 Å². The fourth-order valence-corrected chi connectivity index (χ4v) is 0.425. The Hall–Kier alpha value is -0.490. The molecule has 0 saturated carbocycles. The third-order valence-electron chi connectivity index (χ3n) is 1.02. The molecule has 0 bridgehead atoms. The van der Waals surface area contributed by atoms with Crippen LogP contribution in [0.25, 0.3) is 0 Å². The van der Waals surface area contributed by atoms with Crippen molar-refractivity contribution in [1.29, 1.82) is 0 Å². The molecule has 0 aliphatic carbocycles. The first-order valence-electron chi connectivity index (χ1n) is 3.98. The summed E-state index contributed by atoms with van der Waals surface area (Å²) in [5.74, 6) is 0. The Morgan fingerprint density at radius 2 is 1.91 bits per heavy atom.